The minimum absolute atomic E-state index is 0.120. The van der Waals surface area contributed by atoms with Crippen molar-refractivity contribution in [3.05, 3.63) is 312 Å². The Balaban J connectivity index is 0.992. The Hall–Kier alpha value is -9.52. The number of fused-ring (bicyclic) bond motifs is 12. The van der Waals surface area contributed by atoms with E-state index >= 15 is 0 Å². The number of hydrogen-bond donors (Lipinski definition) is 0. The summed E-state index contributed by atoms with van der Waals surface area (Å²) in [5, 5.41) is 9.68. The first-order valence-electron chi connectivity index (χ1n) is 26.1. The van der Waals surface area contributed by atoms with E-state index in [1.807, 2.05) is 37.2 Å². The van der Waals surface area contributed by atoms with E-state index in [2.05, 4.69) is 246 Å². The van der Waals surface area contributed by atoms with Gasteiger partial charge in [-0.2, -0.15) is 0 Å². The van der Waals surface area contributed by atoms with Crippen molar-refractivity contribution in [2.24, 2.45) is 0 Å². The van der Waals surface area contributed by atoms with Crippen LogP contribution < -0.4 is 9.80 Å². The topological polar surface area (TPSA) is 58.0 Å². The van der Waals surface area contributed by atoms with E-state index in [0.717, 1.165) is 61.8 Å². The van der Waals surface area contributed by atoms with Crippen LogP contribution in [-0.4, -0.2) is 34.4 Å². The second-order valence-corrected chi connectivity index (χ2v) is 22.4. The minimum atomic E-state index is -0.744. The van der Waals surface area contributed by atoms with E-state index < -0.39 is 10.8 Å². The van der Waals surface area contributed by atoms with Crippen molar-refractivity contribution < 1.29 is 0 Å². The van der Waals surface area contributed by atoms with Gasteiger partial charge in [-0.1, -0.05) is 42.5 Å². The second kappa shape index (κ2) is 17.0. The average Bonchev–Trinajstić information content (AvgIpc) is 4.07. The van der Waals surface area contributed by atoms with Crippen molar-refractivity contribution in [3.8, 4) is 0 Å². The van der Waals surface area contributed by atoms with Crippen LogP contribution in [0.2, 0.25) is 0 Å². The molecule has 16 rings (SSSR count). The summed E-state index contributed by atoms with van der Waals surface area (Å²) < 4.78 is 2.79. The van der Waals surface area contributed by atoms with E-state index in [-0.39, 0.29) is 14.5 Å². The van der Waals surface area contributed by atoms with Crippen LogP contribution in [-0.2, 0) is 10.8 Å². The van der Waals surface area contributed by atoms with Gasteiger partial charge in [0.25, 0.3) is 0 Å². The van der Waals surface area contributed by atoms with Gasteiger partial charge in [0.1, 0.15) is 0 Å². The van der Waals surface area contributed by atoms with Gasteiger partial charge in [0, 0.05) is 24.8 Å². The molecule has 0 unspecified atom stereocenters. The van der Waals surface area contributed by atoms with Gasteiger partial charge >= 0.3 is 318 Å². The number of para-hydroxylation sites is 3. The van der Waals surface area contributed by atoms with E-state index in [0.29, 0.717) is 0 Å². The first-order chi connectivity index (χ1) is 38.2. The number of hydrogen-bond acceptors (Lipinski definition) is 6. The molecule has 9 aromatic carbocycles. The zero-order chi connectivity index (χ0) is 50.7. The second-order valence-electron chi connectivity index (χ2n) is 20.1. The third kappa shape index (κ3) is 6.12. The molecule has 0 saturated carbocycles. The van der Waals surface area contributed by atoms with Gasteiger partial charge in [-0.05, 0) is 52.6 Å². The van der Waals surface area contributed by atoms with Crippen molar-refractivity contribution in [2.75, 3.05) is 9.80 Å². The van der Waals surface area contributed by atoms with Crippen LogP contribution >= 0.6 is 0 Å². The molecule has 6 nitrogen and oxygen atoms in total. The smallest absolute Gasteiger partial charge is 0.0618 e. The third-order valence-electron chi connectivity index (χ3n) is 16.5. The molecule has 7 heteroatoms. The molecule has 2 aliphatic rings. The zero-order valence-corrected chi connectivity index (χ0v) is 43.2. The Bertz CT molecular complexity index is 4530. The van der Waals surface area contributed by atoms with Crippen LogP contribution in [0.4, 0.5) is 34.1 Å². The van der Waals surface area contributed by atoms with Crippen LogP contribution in [0.15, 0.2) is 268 Å². The van der Waals surface area contributed by atoms with Crippen LogP contribution in [0, 0.1) is 0 Å². The number of anilines is 6. The van der Waals surface area contributed by atoms with Gasteiger partial charge in [0.05, 0.1) is 5.41 Å². The Morgan fingerprint density at radius 2 is 0.688 bits per heavy atom. The molecule has 0 aliphatic carbocycles. The molecule has 77 heavy (non-hydrogen) atoms. The fourth-order valence-electron chi connectivity index (χ4n) is 13.5. The van der Waals surface area contributed by atoms with E-state index in [1.54, 1.807) is 0 Å². The maximum atomic E-state index is 4.83. The summed E-state index contributed by atoms with van der Waals surface area (Å²) >= 11 is 0.120. The fourth-order valence-corrected chi connectivity index (χ4v) is 15.8. The van der Waals surface area contributed by atoms with Crippen LogP contribution in [0.1, 0.15) is 44.5 Å². The summed E-state index contributed by atoms with van der Waals surface area (Å²) in [4.78, 5) is 24.0. The Morgan fingerprint density at radius 3 is 1.18 bits per heavy atom. The first-order valence-corrected chi connectivity index (χ1v) is 27.8. The number of aromatic nitrogens is 4. The summed E-state index contributed by atoms with van der Waals surface area (Å²) in [6.07, 6.45) is 15.6. The fraction of sp³-hybridized carbons (Fsp3) is 0.0286. The van der Waals surface area contributed by atoms with Gasteiger partial charge in [0.15, 0.2) is 0 Å². The van der Waals surface area contributed by atoms with Crippen molar-refractivity contribution in [1.82, 2.24) is 19.9 Å². The quantitative estimate of drug-likeness (QED) is 0.122. The van der Waals surface area contributed by atoms with Gasteiger partial charge in [0.2, 0.25) is 0 Å². The normalized spacial score (nSPS) is 14.1. The van der Waals surface area contributed by atoms with E-state index in [9.17, 15) is 0 Å². The predicted molar refractivity (Wildman–Crippen MR) is 315 cm³/mol. The molecule has 0 bridgehead atoms. The molecule has 5 aromatic heterocycles. The zero-order valence-electron chi connectivity index (χ0n) is 41.5. The van der Waals surface area contributed by atoms with Crippen LogP contribution in [0.5, 0.6) is 0 Å². The first kappa shape index (κ1) is 43.8. The molecule has 0 atom stereocenters. The van der Waals surface area contributed by atoms with Gasteiger partial charge in [-0.3, -0.25) is 9.97 Å². The molecule has 7 heterocycles. The molecular weight excluding hydrogens is 1000 g/mol. The van der Waals surface area contributed by atoms with Gasteiger partial charge in [-0.15, -0.1) is 0 Å². The number of pyridine rings is 4. The predicted octanol–water partition coefficient (Wildman–Crippen LogP) is 16.4. The van der Waals surface area contributed by atoms with Crippen LogP contribution in [0.25, 0.3) is 51.6 Å². The summed E-state index contributed by atoms with van der Waals surface area (Å²) in [5.41, 5.74) is 14.5. The number of benzene rings is 9. The van der Waals surface area contributed by atoms with Gasteiger partial charge in [-0.25, -0.2) is 0 Å². The summed E-state index contributed by atoms with van der Waals surface area (Å²) in [7, 11) is 0. The summed E-state index contributed by atoms with van der Waals surface area (Å²) in [5.74, 6) is 0. The average molecular weight is 1050 g/mol. The Kier molecular flexibility index (Phi) is 9.68. The molecule has 2 aliphatic heterocycles. The van der Waals surface area contributed by atoms with E-state index in [4.69, 9.17) is 15.0 Å². The molecule has 0 radical (unpaired) electrons. The molecule has 0 fully saturated rings. The van der Waals surface area contributed by atoms with E-state index in [1.165, 1.54) is 68.5 Å². The monoisotopic (exact) mass is 1050 g/mol. The third-order valence-corrected chi connectivity index (χ3v) is 18.9. The Labute approximate surface area is 450 Å². The van der Waals surface area contributed by atoms with Crippen molar-refractivity contribution in [1.29, 1.82) is 0 Å². The molecule has 0 spiro atoms. The standard InChI is InChI=1S/C70H44N6Se/c1-3-21-51-49(19-1)55-40-65(76-63-29-11-8-26-59(63)70(47-17-14-34-73-43-47,48-18-15-35-74-44-48)60-38-56-53-23-5-12-30-67(53)77-68(56)41-66(60)76)52-22-4-2-20-50(52)54(55)39-64(51)75-61-27-9-6-24-57(61)69(45-31-36-71-37-32-45,46-16-13-33-72-42-46)58-25-7-10-28-62(58)75/h1-44H. The number of rotatable bonds is 6. The molecular formula is C70H44N6Se. The molecule has 0 amide bonds. The van der Waals surface area contributed by atoms with Crippen molar-refractivity contribution >= 4 is 100 Å². The molecule has 14 aromatic rings. The SMILES string of the molecule is c1cncc(C2(c3ccncc3)c3ccccc3N(c3cc4c5ccccc5c(N5c6ccccc6C(c6cccnc6)(c6cccnc6)c6cc7c(cc65)[se]c5ccccc57)cc4c4ccccc34)c3ccccc32)c1. The minimum Gasteiger partial charge on any atom is -0.0618 e. The van der Waals surface area contributed by atoms with Crippen molar-refractivity contribution in [3.63, 3.8) is 0 Å². The number of nitrogens with zero attached hydrogens (tertiary/aromatic N) is 6. The van der Waals surface area contributed by atoms with Gasteiger partial charge < -0.3 is 0 Å². The molecule has 0 saturated heterocycles. The summed E-state index contributed by atoms with van der Waals surface area (Å²) in [6, 6.07) is 81.1. The molecule has 360 valence electrons. The van der Waals surface area contributed by atoms with Crippen molar-refractivity contribution in [2.45, 2.75) is 10.8 Å². The maximum absolute atomic E-state index is 4.83. The van der Waals surface area contributed by atoms with Crippen LogP contribution in [0.3, 0.4) is 0 Å². The molecule has 0 N–H and O–H groups in total. The summed E-state index contributed by atoms with van der Waals surface area (Å²) in [6.45, 7) is 0. The Morgan fingerprint density at radius 1 is 0.260 bits per heavy atom.